The topological polar surface area (TPSA) is 60.9 Å². The van der Waals surface area contributed by atoms with Gasteiger partial charge in [-0.25, -0.2) is 4.79 Å². The van der Waals surface area contributed by atoms with E-state index in [9.17, 15) is 9.59 Å². The molecule has 1 fully saturated rings. The van der Waals surface area contributed by atoms with Gasteiger partial charge in [0.1, 0.15) is 0 Å². The van der Waals surface area contributed by atoms with E-state index < -0.39 is 5.97 Å². The summed E-state index contributed by atoms with van der Waals surface area (Å²) >= 11 is 0. The summed E-state index contributed by atoms with van der Waals surface area (Å²) in [6, 6.07) is -0.303. The van der Waals surface area contributed by atoms with E-state index in [1.165, 1.54) is 4.90 Å². The lowest BCUT2D eigenvalue weighted by atomic mass is 10.1. The largest absolute Gasteiger partial charge is 0.481 e. The van der Waals surface area contributed by atoms with Crippen molar-refractivity contribution in [2.24, 2.45) is 0 Å². The van der Waals surface area contributed by atoms with Crippen molar-refractivity contribution >= 4 is 12.0 Å². The summed E-state index contributed by atoms with van der Waals surface area (Å²) in [7, 11) is 1.65. The van der Waals surface area contributed by atoms with E-state index in [0.29, 0.717) is 6.54 Å². The van der Waals surface area contributed by atoms with E-state index in [4.69, 9.17) is 5.11 Å². The van der Waals surface area contributed by atoms with Crippen LogP contribution in [0.3, 0.4) is 0 Å². The number of likely N-dealkylation sites (N-methyl/N-ethyl adjacent to an activating group) is 1. The highest BCUT2D eigenvalue weighted by Crippen LogP contribution is 2.24. The maximum Gasteiger partial charge on any atom is 0.320 e. The van der Waals surface area contributed by atoms with Gasteiger partial charge in [0.25, 0.3) is 0 Å². The standard InChI is InChI=1S/C10H18N2O3/c1-10(2,3)12-6-7(5-8(13)14)11(4)9(12)15/h7H,5-6H2,1-4H3,(H,13,14). The van der Waals surface area contributed by atoms with Crippen molar-refractivity contribution in [1.29, 1.82) is 0 Å². The molecule has 2 amide bonds. The summed E-state index contributed by atoms with van der Waals surface area (Å²) in [4.78, 5) is 25.6. The van der Waals surface area contributed by atoms with Crippen LogP contribution in [-0.2, 0) is 4.79 Å². The Balaban J connectivity index is 2.76. The predicted molar refractivity (Wildman–Crippen MR) is 55.7 cm³/mol. The molecule has 5 nitrogen and oxygen atoms in total. The number of amides is 2. The average molecular weight is 214 g/mol. The van der Waals surface area contributed by atoms with E-state index in [1.54, 1.807) is 11.9 Å². The smallest absolute Gasteiger partial charge is 0.320 e. The minimum Gasteiger partial charge on any atom is -0.481 e. The third-order valence-electron chi connectivity index (χ3n) is 2.69. The fourth-order valence-corrected chi connectivity index (χ4v) is 1.72. The van der Waals surface area contributed by atoms with Gasteiger partial charge in [0, 0.05) is 19.1 Å². The fourth-order valence-electron chi connectivity index (χ4n) is 1.72. The molecule has 1 aliphatic rings. The highest BCUT2D eigenvalue weighted by atomic mass is 16.4. The second-order valence-corrected chi connectivity index (χ2v) is 4.93. The first-order chi connectivity index (χ1) is 6.73. The number of urea groups is 1. The third kappa shape index (κ3) is 2.40. The van der Waals surface area contributed by atoms with Crippen LogP contribution in [0, 0.1) is 0 Å². The van der Waals surface area contributed by atoms with Gasteiger partial charge >= 0.3 is 12.0 Å². The van der Waals surface area contributed by atoms with Gasteiger partial charge in [-0.2, -0.15) is 0 Å². The molecule has 0 aromatic rings. The Bertz CT molecular complexity index is 283. The number of hydrogen-bond donors (Lipinski definition) is 1. The van der Waals surface area contributed by atoms with Gasteiger partial charge in [-0.1, -0.05) is 0 Å². The molecule has 1 N–H and O–H groups in total. The molecule has 1 saturated heterocycles. The second kappa shape index (κ2) is 3.72. The zero-order valence-corrected chi connectivity index (χ0v) is 9.65. The lowest BCUT2D eigenvalue weighted by molar-refractivity contribution is -0.137. The Labute approximate surface area is 89.7 Å². The van der Waals surface area contributed by atoms with Crippen molar-refractivity contribution in [2.45, 2.75) is 38.8 Å². The molecule has 1 rings (SSSR count). The molecule has 86 valence electrons. The SMILES string of the molecule is CN1C(=O)N(C(C)(C)C)CC1CC(=O)O. The van der Waals surface area contributed by atoms with Crippen molar-refractivity contribution in [3.8, 4) is 0 Å². The molecule has 5 heteroatoms. The second-order valence-electron chi connectivity index (χ2n) is 4.93. The number of nitrogens with zero attached hydrogens (tertiary/aromatic N) is 2. The molecule has 0 aliphatic carbocycles. The van der Waals surface area contributed by atoms with Gasteiger partial charge in [-0.15, -0.1) is 0 Å². The van der Waals surface area contributed by atoms with E-state index in [2.05, 4.69) is 0 Å². The van der Waals surface area contributed by atoms with Crippen LogP contribution < -0.4 is 0 Å². The van der Waals surface area contributed by atoms with Crippen molar-refractivity contribution in [1.82, 2.24) is 9.80 Å². The van der Waals surface area contributed by atoms with Crippen LogP contribution >= 0.6 is 0 Å². The maximum absolute atomic E-state index is 11.8. The van der Waals surface area contributed by atoms with E-state index in [0.717, 1.165) is 0 Å². The molecular weight excluding hydrogens is 196 g/mol. The first-order valence-corrected chi connectivity index (χ1v) is 4.99. The fraction of sp³-hybridized carbons (Fsp3) is 0.800. The Morgan fingerprint density at radius 2 is 2.07 bits per heavy atom. The first-order valence-electron chi connectivity index (χ1n) is 4.99. The van der Waals surface area contributed by atoms with Crippen molar-refractivity contribution in [2.75, 3.05) is 13.6 Å². The molecular formula is C10H18N2O3. The zero-order chi connectivity index (χ0) is 11.8. The summed E-state index contributed by atoms with van der Waals surface area (Å²) in [5.74, 6) is -0.865. The van der Waals surface area contributed by atoms with E-state index >= 15 is 0 Å². The molecule has 0 aromatic heterocycles. The van der Waals surface area contributed by atoms with Gasteiger partial charge in [0.05, 0.1) is 12.5 Å². The molecule has 1 atom stereocenters. The molecule has 0 aromatic carbocycles. The summed E-state index contributed by atoms with van der Waals surface area (Å²) in [5, 5.41) is 8.71. The van der Waals surface area contributed by atoms with Gasteiger partial charge in [-0.3, -0.25) is 4.79 Å². The van der Waals surface area contributed by atoms with E-state index in [-0.39, 0.29) is 24.0 Å². The molecule has 0 spiro atoms. The van der Waals surface area contributed by atoms with Gasteiger partial charge in [0.2, 0.25) is 0 Å². The van der Waals surface area contributed by atoms with Crippen LogP contribution in [0.25, 0.3) is 0 Å². The number of carboxylic acids is 1. The number of carbonyl (C=O) groups excluding carboxylic acids is 1. The predicted octanol–water partition coefficient (Wildman–Crippen LogP) is 0.996. The minimum absolute atomic E-state index is 0.00875. The van der Waals surface area contributed by atoms with Crippen LogP contribution in [0.15, 0.2) is 0 Å². The monoisotopic (exact) mass is 214 g/mol. The highest BCUT2D eigenvalue weighted by molar-refractivity contribution is 5.79. The molecule has 0 radical (unpaired) electrons. The number of hydrogen-bond acceptors (Lipinski definition) is 2. The number of aliphatic carboxylic acids is 1. The van der Waals surface area contributed by atoms with Crippen molar-refractivity contribution in [3.05, 3.63) is 0 Å². The highest BCUT2D eigenvalue weighted by Gasteiger charge is 2.40. The van der Waals surface area contributed by atoms with E-state index in [1.807, 2.05) is 20.8 Å². The molecule has 1 unspecified atom stereocenters. The number of carboxylic acid groups (broad SMARTS) is 1. The Morgan fingerprint density at radius 1 is 1.53 bits per heavy atom. The van der Waals surface area contributed by atoms with Gasteiger partial charge in [0.15, 0.2) is 0 Å². The van der Waals surface area contributed by atoms with Crippen LogP contribution in [-0.4, -0.2) is 52.1 Å². The van der Waals surface area contributed by atoms with Crippen LogP contribution in [0.1, 0.15) is 27.2 Å². The Hall–Kier alpha value is -1.26. The third-order valence-corrected chi connectivity index (χ3v) is 2.69. The molecule has 1 aliphatic heterocycles. The first kappa shape index (κ1) is 11.8. The van der Waals surface area contributed by atoms with Crippen molar-refractivity contribution < 1.29 is 14.7 Å². The van der Waals surface area contributed by atoms with Gasteiger partial charge < -0.3 is 14.9 Å². The molecule has 15 heavy (non-hydrogen) atoms. The summed E-state index contributed by atoms with van der Waals surface area (Å²) in [6.07, 6.45) is 0.00875. The Kier molecular flexibility index (Phi) is 2.93. The zero-order valence-electron chi connectivity index (χ0n) is 9.65. The lowest BCUT2D eigenvalue weighted by Gasteiger charge is -2.31. The molecule has 0 bridgehead atoms. The van der Waals surface area contributed by atoms with Gasteiger partial charge in [-0.05, 0) is 20.8 Å². The molecule has 0 saturated carbocycles. The number of carbonyl (C=O) groups is 2. The Morgan fingerprint density at radius 3 is 2.40 bits per heavy atom. The lowest BCUT2D eigenvalue weighted by Crippen LogP contribution is -2.43. The minimum atomic E-state index is -0.865. The van der Waals surface area contributed by atoms with Crippen molar-refractivity contribution in [3.63, 3.8) is 0 Å². The van der Waals surface area contributed by atoms with Crippen LogP contribution in [0.2, 0.25) is 0 Å². The normalized spacial score (nSPS) is 22.4. The average Bonchev–Trinajstić information content (AvgIpc) is 2.30. The summed E-state index contributed by atoms with van der Waals surface area (Å²) in [5.41, 5.74) is -0.251. The van der Waals surface area contributed by atoms with Crippen LogP contribution in [0.4, 0.5) is 4.79 Å². The van der Waals surface area contributed by atoms with Crippen LogP contribution in [0.5, 0.6) is 0 Å². The maximum atomic E-state index is 11.8. The number of rotatable bonds is 2. The molecule has 1 heterocycles. The summed E-state index contributed by atoms with van der Waals surface area (Å²) < 4.78 is 0. The summed E-state index contributed by atoms with van der Waals surface area (Å²) in [6.45, 7) is 6.33. The quantitative estimate of drug-likeness (QED) is 0.745.